The van der Waals surface area contributed by atoms with Crippen LogP contribution in [0.4, 0.5) is 0 Å². The van der Waals surface area contributed by atoms with Crippen molar-refractivity contribution in [1.29, 1.82) is 0 Å². The van der Waals surface area contributed by atoms with Crippen LogP contribution in [0.3, 0.4) is 0 Å². The van der Waals surface area contributed by atoms with Crippen molar-refractivity contribution in [2.75, 3.05) is 5.75 Å². The van der Waals surface area contributed by atoms with Gasteiger partial charge in [-0.05, 0) is 49.2 Å². The minimum Gasteiger partial charge on any atom is -0.351 e. The van der Waals surface area contributed by atoms with E-state index in [1.54, 1.807) is 0 Å². The molecule has 0 atom stereocenters. The molecule has 2 aromatic carbocycles. The molecule has 6 nitrogen and oxygen atoms in total. The first kappa shape index (κ1) is 22.9. The molecule has 2 aromatic heterocycles. The predicted molar refractivity (Wildman–Crippen MR) is 133 cm³/mol. The molecule has 2 heterocycles. The molecule has 0 aliphatic carbocycles. The number of aryl methyl sites for hydroxylation is 2. The number of aromatic nitrogens is 3. The molecule has 1 N–H and O–H groups in total. The summed E-state index contributed by atoms with van der Waals surface area (Å²) in [5.41, 5.74) is 4.32. The van der Waals surface area contributed by atoms with Gasteiger partial charge in [0.05, 0.1) is 22.9 Å². The summed E-state index contributed by atoms with van der Waals surface area (Å²) >= 11 is 2.78. The van der Waals surface area contributed by atoms with Crippen molar-refractivity contribution < 1.29 is 9.59 Å². The van der Waals surface area contributed by atoms with E-state index in [1.165, 1.54) is 41.1 Å². The highest BCUT2D eigenvalue weighted by atomic mass is 32.2. The summed E-state index contributed by atoms with van der Waals surface area (Å²) in [4.78, 5) is 25.6. The van der Waals surface area contributed by atoms with E-state index in [1.807, 2.05) is 47.0 Å². The Morgan fingerprint density at radius 3 is 2.52 bits per heavy atom. The highest BCUT2D eigenvalue weighted by Gasteiger charge is 2.19. The summed E-state index contributed by atoms with van der Waals surface area (Å²) in [6.45, 7) is 6.07. The number of benzene rings is 2. The number of nitrogens with one attached hydrogen (secondary N) is 1. The third kappa shape index (κ3) is 5.40. The first-order valence-electron chi connectivity index (χ1n) is 10.5. The zero-order chi connectivity index (χ0) is 23.4. The van der Waals surface area contributed by atoms with Gasteiger partial charge in [-0.1, -0.05) is 48.2 Å². The Bertz CT molecular complexity index is 1290. The van der Waals surface area contributed by atoms with Gasteiger partial charge < -0.3 is 5.32 Å². The second kappa shape index (κ2) is 10.1. The average molecular weight is 477 g/mol. The van der Waals surface area contributed by atoms with E-state index in [9.17, 15) is 9.59 Å². The molecule has 4 rings (SSSR count). The Morgan fingerprint density at radius 2 is 1.79 bits per heavy atom. The van der Waals surface area contributed by atoms with Crippen LogP contribution in [-0.2, 0) is 11.3 Å². The molecule has 0 saturated carbocycles. The van der Waals surface area contributed by atoms with Gasteiger partial charge in [-0.25, -0.2) is 0 Å². The van der Waals surface area contributed by atoms with E-state index in [-0.39, 0.29) is 17.4 Å². The van der Waals surface area contributed by atoms with Gasteiger partial charge in [0.15, 0.2) is 16.8 Å². The molecular weight excluding hydrogens is 452 g/mol. The van der Waals surface area contributed by atoms with E-state index in [0.717, 1.165) is 22.0 Å². The van der Waals surface area contributed by atoms with Crippen molar-refractivity contribution in [2.45, 2.75) is 32.5 Å². The fraction of sp³-hybridized carbons (Fsp3) is 0.200. The molecule has 0 radical (unpaired) electrons. The maximum atomic E-state index is 12.8. The molecule has 0 aliphatic rings. The summed E-state index contributed by atoms with van der Waals surface area (Å²) in [6.07, 6.45) is 0. The minimum absolute atomic E-state index is 0.0231. The van der Waals surface area contributed by atoms with Crippen LogP contribution < -0.4 is 5.32 Å². The predicted octanol–water partition coefficient (Wildman–Crippen LogP) is 5.22. The number of carbonyl (C=O) groups is 2. The fourth-order valence-electron chi connectivity index (χ4n) is 3.27. The number of thiophene rings is 1. The maximum absolute atomic E-state index is 12.8. The van der Waals surface area contributed by atoms with Crippen LogP contribution in [0.15, 0.2) is 65.8 Å². The van der Waals surface area contributed by atoms with E-state index in [0.29, 0.717) is 16.6 Å². The zero-order valence-electron chi connectivity index (χ0n) is 18.7. The number of hydrogen-bond acceptors (Lipinski definition) is 6. The van der Waals surface area contributed by atoms with Gasteiger partial charge >= 0.3 is 0 Å². The molecular formula is C25H24N4O2S2. The van der Waals surface area contributed by atoms with Gasteiger partial charge in [-0.15, -0.1) is 21.5 Å². The number of nitrogens with zero attached hydrogens (tertiary/aromatic N) is 3. The third-order valence-electron chi connectivity index (χ3n) is 5.19. The Labute approximate surface area is 201 Å². The highest BCUT2D eigenvalue weighted by molar-refractivity contribution is 7.99. The quantitative estimate of drug-likeness (QED) is 0.279. The normalized spacial score (nSPS) is 10.9. The Hall–Kier alpha value is -3.23. The van der Waals surface area contributed by atoms with Gasteiger partial charge in [-0.2, -0.15) is 0 Å². The second-order valence-corrected chi connectivity index (χ2v) is 9.77. The maximum Gasteiger partial charge on any atom is 0.217 e. The van der Waals surface area contributed by atoms with E-state index in [4.69, 9.17) is 0 Å². The van der Waals surface area contributed by atoms with Crippen molar-refractivity contribution in [1.82, 2.24) is 20.1 Å². The largest absolute Gasteiger partial charge is 0.351 e. The molecule has 168 valence electrons. The standard InChI is InChI=1S/C25H24N4O2S2/c1-16-9-10-20(13-17(16)2)29-24(19-7-5-4-6-8-19)27-28-25(29)32-15-22(31)23-12-11-21(33-23)14-26-18(3)30/h4-13H,14-15H2,1-3H3,(H,26,30). The Kier molecular flexibility index (Phi) is 7.05. The molecule has 0 spiro atoms. The topological polar surface area (TPSA) is 76.9 Å². The van der Waals surface area contributed by atoms with Crippen molar-refractivity contribution in [3.63, 3.8) is 0 Å². The summed E-state index contributed by atoms with van der Waals surface area (Å²) in [5, 5.41) is 12.3. The highest BCUT2D eigenvalue weighted by Crippen LogP contribution is 2.29. The molecule has 1 amide bonds. The van der Waals surface area contributed by atoms with Crippen molar-refractivity contribution in [2.24, 2.45) is 0 Å². The summed E-state index contributed by atoms with van der Waals surface area (Å²) < 4.78 is 2.01. The van der Waals surface area contributed by atoms with Crippen LogP contribution in [0.25, 0.3) is 17.1 Å². The molecule has 4 aromatic rings. The lowest BCUT2D eigenvalue weighted by molar-refractivity contribution is -0.119. The first-order chi connectivity index (χ1) is 15.9. The lowest BCUT2D eigenvalue weighted by Crippen LogP contribution is -2.18. The monoisotopic (exact) mass is 476 g/mol. The van der Waals surface area contributed by atoms with Gasteiger partial charge in [-0.3, -0.25) is 14.2 Å². The number of carbonyl (C=O) groups excluding carboxylic acids is 2. The van der Waals surface area contributed by atoms with Gasteiger partial charge in [0.1, 0.15) is 0 Å². The summed E-state index contributed by atoms with van der Waals surface area (Å²) in [5.74, 6) is 0.918. The molecule has 0 saturated heterocycles. The van der Waals surface area contributed by atoms with E-state index < -0.39 is 0 Å². The summed E-state index contributed by atoms with van der Waals surface area (Å²) in [7, 11) is 0. The lowest BCUT2D eigenvalue weighted by atomic mass is 10.1. The lowest BCUT2D eigenvalue weighted by Gasteiger charge is -2.12. The number of thioether (sulfide) groups is 1. The van der Waals surface area contributed by atoms with Gasteiger partial charge in [0, 0.05) is 17.4 Å². The molecule has 0 unspecified atom stereocenters. The number of rotatable bonds is 8. The van der Waals surface area contributed by atoms with Crippen molar-refractivity contribution >= 4 is 34.8 Å². The van der Waals surface area contributed by atoms with Crippen molar-refractivity contribution in [3.8, 4) is 17.1 Å². The molecule has 8 heteroatoms. The first-order valence-corrected chi connectivity index (χ1v) is 12.3. The molecule has 33 heavy (non-hydrogen) atoms. The van der Waals surface area contributed by atoms with Crippen LogP contribution in [0, 0.1) is 13.8 Å². The van der Waals surface area contributed by atoms with Crippen molar-refractivity contribution in [3.05, 3.63) is 81.5 Å². The van der Waals surface area contributed by atoms with E-state index >= 15 is 0 Å². The summed E-state index contributed by atoms with van der Waals surface area (Å²) in [6, 6.07) is 19.9. The smallest absolute Gasteiger partial charge is 0.217 e. The van der Waals surface area contributed by atoms with Crippen LogP contribution >= 0.6 is 23.1 Å². The molecule has 0 fully saturated rings. The SMILES string of the molecule is CC(=O)NCc1ccc(C(=O)CSc2nnc(-c3ccccc3)n2-c2ccc(C)c(C)c2)s1. The zero-order valence-corrected chi connectivity index (χ0v) is 20.3. The van der Waals surface area contributed by atoms with Crippen LogP contribution in [0.1, 0.15) is 32.6 Å². The van der Waals surface area contributed by atoms with Gasteiger partial charge in [0.25, 0.3) is 0 Å². The Morgan fingerprint density at radius 1 is 1.00 bits per heavy atom. The van der Waals surface area contributed by atoms with Crippen LogP contribution in [-0.4, -0.2) is 32.2 Å². The number of Topliss-reactive ketones (excluding diaryl/α,β-unsaturated/α-hetero) is 1. The molecule has 0 aliphatic heterocycles. The number of amides is 1. The van der Waals surface area contributed by atoms with E-state index in [2.05, 4.69) is 47.6 Å². The molecule has 0 bridgehead atoms. The third-order valence-corrected chi connectivity index (χ3v) is 7.25. The second-order valence-electron chi connectivity index (χ2n) is 7.66. The van der Waals surface area contributed by atoms with Crippen LogP contribution in [0.5, 0.6) is 0 Å². The Balaban J connectivity index is 1.59. The van der Waals surface area contributed by atoms with Crippen LogP contribution in [0.2, 0.25) is 0 Å². The fourth-order valence-corrected chi connectivity index (χ4v) is 5.08. The number of ketones is 1. The number of hydrogen-bond donors (Lipinski definition) is 1. The minimum atomic E-state index is -0.0910. The average Bonchev–Trinajstić information content (AvgIpc) is 3.46. The van der Waals surface area contributed by atoms with Gasteiger partial charge in [0.2, 0.25) is 5.91 Å².